The second kappa shape index (κ2) is 4.07. The van der Waals surface area contributed by atoms with Crippen LogP contribution in [-0.2, 0) is 0 Å². The molecule has 0 unspecified atom stereocenters. The van der Waals surface area contributed by atoms with Gasteiger partial charge in [-0.2, -0.15) is 0 Å². The molecule has 4 nitrogen and oxygen atoms in total. The predicted molar refractivity (Wildman–Crippen MR) is 66.5 cm³/mol. The van der Waals surface area contributed by atoms with E-state index < -0.39 is 5.91 Å². The highest BCUT2D eigenvalue weighted by Crippen LogP contribution is 2.35. The summed E-state index contributed by atoms with van der Waals surface area (Å²) in [5.41, 5.74) is 7.65. The second-order valence-electron chi connectivity index (χ2n) is 4.01. The monoisotopic (exact) mass is 241 g/mol. The molecule has 4 heteroatoms. The maximum absolute atomic E-state index is 11.0. The highest BCUT2D eigenvalue weighted by molar-refractivity contribution is 5.93. The number of hydrogen-bond donors (Lipinski definition) is 1. The van der Waals surface area contributed by atoms with Gasteiger partial charge in [0.15, 0.2) is 0 Å². The van der Waals surface area contributed by atoms with Crippen molar-refractivity contribution in [3.05, 3.63) is 48.0 Å². The molecule has 2 bridgehead atoms. The zero-order chi connectivity index (χ0) is 12.5. The first-order valence-electron chi connectivity index (χ1n) is 5.54. The molecule has 18 heavy (non-hydrogen) atoms. The van der Waals surface area contributed by atoms with Gasteiger partial charge in [-0.1, -0.05) is 12.1 Å². The minimum absolute atomic E-state index is 0.231. The smallest absolute Gasteiger partial charge is 0.248 e. The molecule has 0 radical (unpaired) electrons. The molecule has 1 aliphatic rings. The predicted octanol–water partition coefficient (Wildman–Crippen LogP) is 2.18. The van der Waals surface area contributed by atoms with Crippen molar-refractivity contribution in [2.75, 3.05) is 6.79 Å². The van der Waals surface area contributed by atoms with Crippen LogP contribution in [-0.4, -0.2) is 12.7 Å². The Balaban J connectivity index is 2.02. The Hall–Kier alpha value is -2.49. The largest absolute Gasteiger partial charge is 0.457 e. The van der Waals surface area contributed by atoms with Crippen molar-refractivity contribution in [2.24, 2.45) is 5.73 Å². The number of hydrogen-bond acceptors (Lipinski definition) is 3. The number of nitrogens with two attached hydrogens (primary N) is 1. The van der Waals surface area contributed by atoms with E-state index in [1.54, 1.807) is 12.1 Å². The van der Waals surface area contributed by atoms with Crippen molar-refractivity contribution in [1.82, 2.24) is 0 Å². The number of rotatable bonds is 2. The van der Waals surface area contributed by atoms with Crippen molar-refractivity contribution in [3.8, 4) is 22.6 Å². The standard InChI is InChI=1S/C14H11NO3/c15-14(16)10-3-1-9(2-4-10)12-6-5-11-7-13(12)18-8-17-11/h1-7H,8H2,(H2,15,16). The first-order valence-corrected chi connectivity index (χ1v) is 5.54. The van der Waals surface area contributed by atoms with Gasteiger partial charge in [-0.3, -0.25) is 4.79 Å². The van der Waals surface area contributed by atoms with Gasteiger partial charge < -0.3 is 15.2 Å². The van der Waals surface area contributed by atoms with Crippen LogP contribution in [0.2, 0.25) is 0 Å². The number of benzene rings is 2. The molecular weight excluding hydrogens is 230 g/mol. The van der Waals surface area contributed by atoms with Crippen LogP contribution in [0.3, 0.4) is 0 Å². The third kappa shape index (κ3) is 1.78. The Morgan fingerprint density at radius 1 is 1.06 bits per heavy atom. The van der Waals surface area contributed by atoms with Gasteiger partial charge in [-0.25, -0.2) is 0 Å². The fourth-order valence-corrected chi connectivity index (χ4v) is 1.93. The highest BCUT2D eigenvalue weighted by Gasteiger charge is 2.13. The average molecular weight is 241 g/mol. The third-order valence-corrected chi connectivity index (χ3v) is 2.87. The van der Waals surface area contributed by atoms with E-state index in [9.17, 15) is 4.79 Å². The molecule has 2 aromatic carbocycles. The maximum Gasteiger partial charge on any atom is 0.248 e. The Bertz CT molecular complexity index is 605. The molecule has 3 rings (SSSR count). The van der Waals surface area contributed by atoms with Crippen LogP contribution in [0.15, 0.2) is 42.5 Å². The van der Waals surface area contributed by atoms with E-state index >= 15 is 0 Å². The summed E-state index contributed by atoms with van der Waals surface area (Å²) in [6.45, 7) is 0.231. The lowest BCUT2D eigenvalue weighted by molar-refractivity contribution is 0.1000. The molecule has 90 valence electrons. The van der Waals surface area contributed by atoms with Crippen LogP contribution >= 0.6 is 0 Å². The fourth-order valence-electron chi connectivity index (χ4n) is 1.93. The van der Waals surface area contributed by atoms with Gasteiger partial charge in [0.25, 0.3) is 0 Å². The van der Waals surface area contributed by atoms with Gasteiger partial charge in [0.05, 0.1) is 0 Å². The van der Waals surface area contributed by atoms with Crippen molar-refractivity contribution < 1.29 is 14.3 Å². The zero-order valence-corrected chi connectivity index (χ0v) is 9.55. The molecule has 0 fully saturated rings. The first-order chi connectivity index (χ1) is 8.74. The van der Waals surface area contributed by atoms with Crippen molar-refractivity contribution >= 4 is 5.91 Å². The number of ether oxygens (including phenoxy) is 2. The van der Waals surface area contributed by atoms with E-state index in [0.29, 0.717) is 5.56 Å². The summed E-state index contributed by atoms with van der Waals surface area (Å²) in [7, 11) is 0. The minimum Gasteiger partial charge on any atom is -0.457 e. The Labute approximate surface area is 104 Å². The van der Waals surface area contributed by atoms with Crippen molar-refractivity contribution in [1.29, 1.82) is 0 Å². The number of primary amides is 1. The SMILES string of the molecule is NC(=O)c1ccc(-c2ccc3cc2OCO3)cc1. The lowest BCUT2D eigenvalue weighted by Gasteiger charge is -2.18. The first kappa shape index (κ1) is 10.7. The second-order valence-corrected chi connectivity index (χ2v) is 4.01. The van der Waals surface area contributed by atoms with E-state index in [1.165, 1.54) is 0 Å². The lowest BCUT2D eigenvalue weighted by Crippen LogP contribution is -2.11. The Morgan fingerprint density at radius 3 is 2.56 bits per heavy atom. The zero-order valence-electron chi connectivity index (χ0n) is 9.55. The molecule has 1 amide bonds. The molecule has 1 aliphatic heterocycles. The summed E-state index contributed by atoms with van der Waals surface area (Å²) in [4.78, 5) is 11.0. The van der Waals surface area contributed by atoms with Crippen LogP contribution in [0.4, 0.5) is 0 Å². The number of carbonyl (C=O) groups is 1. The number of amides is 1. The summed E-state index contributed by atoms with van der Waals surface area (Å²) in [5.74, 6) is 1.15. The summed E-state index contributed by atoms with van der Waals surface area (Å²) < 4.78 is 10.7. The maximum atomic E-state index is 11.0. The van der Waals surface area contributed by atoms with Gasteiger partial charge in [-0.15, -0.1) is 0 Å². The van der Waals surface area contributed by atoms with E-state index in [1.807, 2.05) is 30.3 Å². The molecule has 0 saturated heterocycles. The van der Waals surface area contributed by atoms with Crippen molar-refractivity contribution in [2.45, 2.75) is 0 Å². The Kier molecular flexibility index (Phi) is 2.41. The van der Waals surface area contributed by atoms with Crippen LogP contribution in [0.1, 0.15) is 10.4 Å². The van der Waals surface area contributed by atoms with Crippen molar-refractivity contribution in [3.63, 3.8) is 0 Å². The van der Waals surface area contributed by atoms with Gasteiger partial charge in [0.1, 0.15) is 11.5 Å². The van der Waals surface area contributed by atoms with E-state index in [2.05, 4.69) is 0 Å². The molecule has 2 N–H and O–H groups in total. The van der Waals surface area contributed by atoms with E-state index in [0.717, 1.165) is 22.6 Å². The van der Waals surface area contributed by atoms with Crippen LogP contribution in [0.5, 0.6) is 11.5 Å². The summed E-state index contributed by atoms with van der Waals surface area (Å²) >= 11 is 0. The van der Waals surface area contributed by atoms with E-state index in [4.69, 9.17) is 15.2 Å². The molecule has 0 aromatic heterocycles. The summed E-state index contributed by atoms with van der Waals surface area (Å²) in [6, 6.07) is 12.8. The topological polar surface area (TPSA) is 61.6 Å². The van der Waals surface area contributed by atoms with Gasteiger partial charge in [-0.05, 0) is 29.8 Å². The molecule has 0 atom stereocenters. The minimum atomic E-state index is -0.428. The summed E-state index contributed by atoms with van der Waals surface area (Å²) in [6.07, 6.45) is 0. The molecule has 1 heterocycles. The van der Waals surface area contributed by atoms with Gasteiger partial charge in [0.2, 0.25) is 12.7 Å². The number of fused-ring (bicyclic) bond motifs is 2. The molecule has 0 spiro atoms. The summed E-state index contributed by atoms with van der Waals surface area (Å²) in [5, 5.41) is 0. The molecule has 0 saturated carbocycles. The van der Waals surface area contributed by atoms with Crippen LogP contribution in [0.25, 0.3) is 11.1 Å². The fraction of sp³-hybridized carbons (Fsp3) is 0.0714. The lowest BCUT2D eigenvalue weighted by atomic mass is 10.0. The average Bonchev–Trinajstić information content (AvgIpc) is 2.39. The van der Waals surface area contributed by atoms with E-state index in [-0.39, 0.29) is 6.79 Å². The highest BCUT2D eigenvalue weighted by atomic mass is 16.7. The van der Waals surface area contributed by atoms with Crippen LogP contribution < -0.4 is 15.2 Å². The normalized spacial score (nSPS) is 12.4. The molecule has 0 aliphatic carbocycles. The molecular formula is C14H11NO3. The van der Waals surface area contributed by atoms with Gasteiger partial charge >= 0.3 is 0 Å². The number of carbonyl (C=O) groups excluding carboxylic acids is 1. The van der Waals surface area contributed by atoms with Crippen LogP contribution in [0, 0.1) is 0 Å². The van der Waals surface area contributed by atoms with Gasteiger partial charge in [0, 0.05) is 17.2 Å². The molecule has 2 aromatic rings. The third-order valence-electron chi connectivity index (χ3n) is 2.87. The quantitative estimate of drug-likeness (QED) is 0.876. The Morgan fingerprint density at radius 2 is 1.83 bits per heavy atom.